The van der Waals surface area contributed by atoms with Crippen molar-refractivity contribution in [2.45, 2.75) is 51.4 Å². The molecule has 0 amide bonds. The molecule has 10 heteroatoms. The number of Topliss-reactive ketones (excluding diaryl/α,β-unsaturated/α-hetero) is 2. The van der Waals surface area contributed by atoms with Gasteiger partial charge in [0.1, 0.15) is 23.7 Å². The predicted molar refractivity (Wildman–Crippen MR) is 121 cm³/mol. The van der Waals surface area contributed by atoms with Crippen molar-refractivity contribution in [1.29, 1.82) is 0 Å². The summed E-state index contributed by atoms with van der Waals surface area (Å²) in [6.45, 7) is 0. The Morgan fingerprint density at radius 2 is 0.750 bits per heavy atom. The summed E-state index contributed by atoms with van der Waals surface area (Å²) in [5, 5.41) is 0. The molecule has 0 bridgehead atoms. The lowest BCUT2D eigenvalue weighted by atomic mass is 9.47. The zero-order chi connectivity index (χ0) is 26.4. The summed E-state index contributed by atoms with van der Waals surface area (Å²) in [6, 6.07) is 0. The van der Waals surface area contributed by atoms with Crippen LogP contribution in [0.2, 0.25) is 0 Å². The molecule has 0 radical (unpaired) electrons. The van der Waals surface area contributed by atoms with Gasteiger partial charge in [-0.15, -0.1) is 0 Å². The average molecular weight is 507 g/mol. The third kappa shape index (κ3) is 3.08. The second-order valence-corrected chi connectivity index (χ2v) is 10.5. The van der Waals surface area contributed by atoms with Crippen molar-refractivity contribution in [3.05, 3.63) is 0 Å². The fourth-order valence-electron chi connectivity index (χ4n) is 8.78. The van der Waals surface area contributed by atoms with E-state index in [9.17, 15) is 28.8 Å². The Morgan fingerprint density at radius 1 is 0.528 bits per heavy atom. The highest BCUT2D eigenvalue weighted by atomic mass is 16.5. The van der Waals surface area contributed by atoms with E-state index in [1.165, 1.54) is 0 Å². The third-order valence-corrected chi connectivity index (χ3v) is 9.61. The second kappa shape index (κ2) is 9.59. The number of esters is 4. The molecular weight excluding hydrogens is 472 g/mol. The molecule has 4 fully saturated rings. The molecule has 198 valence electrons. The summed E-state index contributed by atoms with van der Waals surface area (Å²) >= 11 is 0. The minimum absolute atomic E-state index is 0.469. The third-order valence-electron chi connectivity index (χ3n) is 9.61. The molecule has 10 nitrogen and oxygen atoms in total. The Bertz CT molecular complexity index is 841. The number of hydrogen-bond donors (Lipinski definition) is 0. The van der Waals surface area contributed by atoms with Gasteiger partial charge >= 0.3 is 23.9 Å². The van der Waals surface area contributed by atoms with Gasteiger partial charge in [-0.05, 0) is 37.5 Å². The van der Waals surface area contributed by atoms with Crippen molar-refractivity contribution in [2.24, 2.45) is 46.3 Å². The highest BCUT2D eigenvalue weighted by Gasteiger charge is 2.88. The van der Waals surface area contributed by atoms with Crippen molar-refractivity contribution < 1.29 is 47.7 Å². The van der Waals surface area contributed by atoms with Gasteiger partial charge in [0.25, 0.3) is 0 Å². The summed E-state index contributed by atoms with van der Waals surface area (Å²) in [4.78, 5) is 82.4. The molecule has 0 N–H and O–H groups in total. The van der Waals surface area contributed by atoms with Crippen LogP contribution in [0.4, 0.5) is 0 Å². The van der Waals surface area contributed by atoms with E-state index in [2.05, 4.69) is 0 Å². The first-order chi connectivity index (χ1) is 17.2. The Balaban J connectivity index is 2.21. The highest BCUT2D eigenvalue weighted by molar-refractivity contribution is 6.20. The maximum Gasteiger partial charge on any atom is 0.316 e. The SMILES string of the molecule is COC(=O)C1C(=O)C(C(=O)OC)C2(C3CCCC3)C(C(=O)OC)C(=O)C(C(=O)OC)C12C1CCCC1. The minimum Gasteiger partial charge on any atom is -0.468 e. The highest BCUT2D eigenvalue weighted by Crippen LogP contribution is 2.78. The van der Waals surface area contributed by atoms with Gasteiger partial charge in [-0.3, -0.25) is 28.8 Å². The van der Waals surface area contributed by atoms with E-state index >= 15 is 0 Å². The van der Waals surface area contributed by atoms with E-state index < -0.39 is 81.8 Å². The molecule has 36 heavy (non-hydrogen) atoms. The molecule has 4 atom stereocenters. The topological polar surface area (TPSA) is 139 Å². The quantitative estimate of drug-likeness (QED) is 0.297. The Morgan fingerprint density at radius 3 is 0.944 bits per heavy atom. The summed E-state index contributed by atoms with van der Waals surface area (Å²) in [5.74, 6) is -12.5. The number of ketones is 2. The minimum atomic E-state index is -1.68. The van der Waals surface area contributed by atoms with E-state index in [1.807, 2.05) is 0 Å². The van der Waals surface area contributed by atoms with E-state index in [1.54, 1.807) is 0 Å². The Labute approximate surface area is 209 Å². The number of hydrogen-bond acceptors (Lipinski definition) is 10. The maximum atomic E-state index is 14.2. The molecule has 0 aromatic rings. The largest absolute Gasteiger partial charge is 0.468 e. The maximum absolute atomic E-state index is 14.2. The van der Waals surface area contributed by atoms with Crippen LogP contribution in [-0.2, 0) is 47.7 Å². The molecule has 0 aromatic heterocycles. The monoisotopic (exact) mass is 506 g/mol. The average Bonchev–Trinajstić information content (AvgIpc) is 3.66. The lowest BCUT2D eigenvalue weighted by molar-refractivity contribution is -0.183. The number of methoxy groups -OCH3 is 4. The van der Waals surface area contributed by atoms with Crippen LogP contribution in [0.15, 0.2) is 0 Å². The van der Waals surface area contributed by atoms with Crippen molar-refractivity contribution in [2.75, 3.05) is 28.4 Å². The number of ether oxygens (including phenoxy) is 4. The zero-order valence-electron chi connectivity index (χ0n) is 21.2. The molecular formula is C26H34O10. The first-order valence-corrected chi connectivity index (χ1v) is 12.6. The van der Waals surface area contributed by atoms with Gasteiger partial charge in [-0.2, -0.15) is 0 Å². The first-order valence-electron chi connectivity index (χ1n) is 12.6. The fourth-order valence-corrected chi connectivity index (χ4v) is 8.78. The molecule has 0 aromatic carbocycles. The lowest BCUT2D eigenvalue weighted by Gasteiger charge is -2.53. The molecule has 0 aliphatic heterocycles. The van der Waals surface area contributed by atoms with Gasteiger partial charge in [0.15, 0.2) is 11.6 Å². The fraction of sp³-hybridized carbons (Fsp3) is 0.769. The van der Waals surface area contributed by atoms with Gasteiger partial charge in [0, 0.05) is 10.8 Å². The van der Waals surface area contributed by atoms with Gasteiger partial charge < -0.3 is 18.9 Å². The van der Waals surface area contributed by atoms with Crippen molar-refractivity contribution in [1.82, 2.24) is 0 Å². The van der Waals surface area contributed by atoms with Crippen molar-refractivity contribution in [3.63, 3.8) is 0 Å². The lowest BCUT2D eigenvalue weighted by Crippen LogP contribution is -2.58. The second-order valence-electron chi connectivity index (χ2n) is 10.5. The van der Waals surface area contributed by atoms with Crippen LogP contribution in [0, 0.1) is 46.3 Å². The Kier molecular flexibility index (Phi) is 7.00. The molecule has 0 heterocycles. The predicted octanol–water partition coefficient (Wildman–Crippen LogP) is 1.66. The zero-order valence-corrected chi connectivity index (χ0v) is 21.2. The van der Waals surface area contributed by atoms with Crippen LogP contribution in [0.25, 0.3) is 0 Å². The Hall–Kier alpha value is -2.78. The summed E-state index contributed by atoms with van der Waals surface area (Å²) in [5.41, 5.74) is -3.35. The summed E-state index contributed by atoms with van der Waals surface area (Å²) in [6.07, 6.45) is 5.11. The number of rotatable bonds is 6. The van der Waals surface area contributed by atoms with Crippen LogP contribution in [0.1, 0.15) is 51.4 Å². The van der Waals surface area contributed by atoms with E-state index in [4.69, 9.17) is 18.9 Å². The number of carbonyl (C=O) groups excluding carboxylic acids is 6. The molecule has 4 aliphatic rings. The molecule has 4 rings (SSSR count). The van der Waals surface area contributed by atoms with E-state index in [-0.39, 0.29) is 0 Å². The molecule has 4 saturated carbocycles. The molecule has 0 spiro atoms. The van der Waals surface area contributed by atoms with Crippen molar-refractivity contribution in [3.8, 4) is 0 Å². The first kappa shape index (κ1) is 26.3. The normalized spacial score (nSPS) is 36.6. The summed E-state index contributed by atoms with van der Waals surface area (Å²) < 4.78 is 20.4. The van der Waals surface area contributed by atoms with E-state index in [0.717, 1.165) is 54.1 Å². The van der Waals surface area contributed by atoms with Crippen molar-refractivity contribution >= 4 is 35.4 Å². The number of fused-ring (bicyclic) bond motifs is 1. The van der Waals surface area contributed by atoms with Gasteiger partial charge in [0.05, 0.1) is 28.4 Å². The van der Waals surface area contributed by atoms with Crippen LogP contribution in [0.3, 0.4) is 0 Å². The van der Waals surface area contributed by atoms with Crippen LogP contribution in [0.5, 0.6) is 0 Å². The standard InChI is InChI=1S/C26H34O10/c1-33-21(29)15-19(27)16(22(30)34-2)26(14-11-7-8-12-14)18(24(32)36-4)20(28)17(23(31)35-3)25(15,26)13-9-5-6-10-13/h13-18H,5-12H2,1-4H3. The van der Waals surface area contributed by atoms with Gasteiger partial charge in [0.2, 0.25) is 0 Å². The van der Waals surface area contributed by atoms with Gasteiger partial charge in [-0.1, -0.05) is 25.7 Å². The summed E-state index contributed by atoms with van der Waals surface area (Å²) in [7, 11) is 4.51. The molecule has 4 aliphatic carbocycles. The smallest absolute Gasteiger partial charge is 0.316 e. The number of carbonyl (C=O) groups is 6. The molecule has 4 unspecified atom stereocenters. The van der Waals surface area contributed by atoms with Crippen LogP contribution >= 0.6 is 0 Å². The van der Waals surface area contributed by atoms with E-state index in [0.29, 0.717) is 25.7 Å². The van der Waals surface area contributed by atoms with Crippen LogP contribution < -0.4 is 0 Å². The van der Waals surface area contributed by atoms with Gasteiger partial charge in [-0.25, -0.2) is 0 Å². The van der Waals surface area contributed by atoms with Crippen LogP contribution in [-0.4, -0.2) is 63.9 Å². The molecule has 0 saturated heterocycles.